The van der Waals surface area contributed by atoms with E-state index in [-0.39, 0.29) is 0 Å². The molecule has 1 atom stereocenters. The smallest absolute Gasteiger partial charge is 0.334 e. The molecule has 0 saturated heterocycles. The van der Waals surface area contributed by atoms with E-state index in [4.69, 9.17) is 5.11 Å². The maximum absolute atomic E-state index is 10.4. The Morgan fingerprint density at radius 1 is 1.89 bits per heavy atom. The van der Waals surface area contributed by atoms with Gasteiger partial charge in [-0.25, -0.2) is 4.79 Å². The lowest BCUT2D eigenvalue weighted by Crippen LogP contribution is -2.19. The largest absolute Gasteiger partial charge is 0.463 e. The number of aliphatic hydroxyl groups is 1. The molecule has 0 aromatic carbocycles. The van der Waals surface area contributed by atoms with Crippen LogP contribution in [-0.4, -0.2) is 29.1 Å². The summed E-state index contributed by atoms with van der Waals surface area (Å²) in [7, 11) is 0. The monoisotopic (exact) mass is 196 g/mol. The van der Waals surface area contributed by atoms with Crippen molar-refractivity contribution < 1.29 is 14.6 Å². The molecule has 9 heavy (non-hydrogen) atoms. The molecule has 1 N–H and O–H groups in total. The molecule has 0 fully saturated rings. The van der Waals surface area contributed by atoms with E-state index in [0.29, 0.717) is 11.9 Å². The van der Waals surface area contributed by atoms with Crippen LogP contribution in [-0.2, 0) is 9.53 Å². The third-order valence-corrected chi connectivity index (χ3v) is 0.986. The van der Waals surface area contributed by atoms with Gasteiger partial charge >= 0.3 is 5.97 Å². The van der Waals surface area contributed by atoms with Crippen molar-refractivity contribution in [3.63, 3.8) is 0 Å². The first-order chi connectivity index (χ1) is 4.18. The number of carbonyl (C=O) groups is 1. The van der Waals surface area contributed by atoms with E-state index in [9.17, 15) is 4.79 Å². The molecule has 0 aliphatic heterocycles. The van der Waals surface area contributed by atoms with Gasteiger partial charge in [0.1, 0.15) is 12.7 Å². The summed E-state index contributed by atoms with van der Waals surface area (Å²) in [6.45, 7) is 1.68. The van der Waals surface area contributed by atoms with Gasteiger partial charge in [0.2, 0.25) is 0 Å². The summed E-state index contributed by atoms with van der Waals surface area (Å²) < 4.78 is 4.52. The average Bonchev–Trinajstić information content (AvgIpc) is 1.82. The van der Waals surface area contributed by atoms with Gasteiger partial charge < -0.3 is 9.84 Å². The van der Waals surface area contributed by atoms with Gasteiger partial charge in [-0.15, -0.1) is 0 Å². The van der Waals surface area contributed by atoms with Gasteiger partial charge in [-0.1, -0.05) is 15.9 Å². The van der Waals surface area contributed by atoms with Crippen LogP contribution in [0.2, 0.25) is 0 Å². The molecule has 3 nitrogen and oxygen atoms in total. The second-order valence-electron chi connectivity index (χ2n) is 1.53. The zero-order valence-electron chi connectivity index (χ0n) is 5.13. The van der Waals surface area contributed by atoms with Crippen LogP contribution in [0, 0.1) is 0 Å². The first-order valence-electron chi connectivity index (χ1n) is 2.59. The van der Waals surface area contributed by atoms with E-state index in [1.54, 1.807) is 0 Å². The van der Waals surface area contributed by atoms with Crippen molar-refractivity contribution in [2.24, 2.45) is 0 Å². The van der Waals surface area contributed by atoms with Crippen LogP contribution in [0.25, 0.3) is 0 Å². The molecule has 0 amide bonds. The number of aliphatic hydroxyl groups excluding tert-OH is 1. The number of hydrogen-bond donors (Lipinski definition) is 1. The minimum absolute atomic E-state index is 0.309. The Morgan fingerprint density at radius 3 is 2.78 bits per heavy atom. The van der Waals surface area contributed by atoms with E-state index < -0.39 is 12.1 Å². The number of alkyl halides is 1. The number of esters is 1. The molecule has 0 spiro atoms. The SMILES string of the molecule is CC(O)C(=O)OCCBr. The van der Waals surface area contributed by atoms with Crippen molar-refractivity contribution in [3.05, 3.63) is 0 Å². The molecule has 0 aromatic rings. The van der Waals surface area contributed by atoms with Gasteiger partial charge in [-0.05, 0) is 6.92 Å². The standard InChI is InChI=1S/C5H9BrO3/c1-4(7)5(8)9-3-2-6/h4,7H,2-3H2,1H3. The Morgan fingerprint density at radius 2 is 2.44 bits per heavy atom. The number of rotatable bonds is 3. The molecular formula is C5H9BrO3. The average molecular weight is 197 g/mol. The Hall–Kier alpha value is -0.0900. The molecule has 0 aliphatic rings. The molecule has 1 unspecified atom stereocenters. The Balaban J connectivity index is 3.28. The summed E-state index contributed by atoms with van der Waals surface area (Å²) >= 11 is 3.07. The predicted molar refractivity (Wildman–Crippen MR) is 36.4 cm³/mol. The fourth-order valence-electron chi connectivity index (χ4n) is 0.260. The van der Waals surface area contributed by atoms with Crippen molar-refractivity contribution in [3.8, 4) is 0 Å². The van der Waals surface area contributed by atoms with Gasteiger partial charge in [-0.2, -0.15) is 0 Å². The fraction of sp³-hybridized carbons (Fsp3) is 0.800. The lowest BCUT2D eigenvalue weighted by molar-refractivity contribution is -0.151. The summed E-state index contributed by atoms with van der Waals surface area (Å²) in [5, 5.41) is 9.16. The molecule has 0 aromatic heterocycles. The minimum Gasteiger partial charge on any atom is -0.463 e. The second-order valence-corrected chi connectivity index (χ2v) is 2.33. The highest BCUT2D eigenvalue weighted by atomic mass is 79.9. The first kappa shape index (κ1) is 8.91. The maximum atomic E-state index is 10.4. The van der Waals surface area contributed by atoms with Crippen molar-refractivity contribution in [1.29, 1.82) is 0 Å². The van der Waals surface area contributed by atoms with E-state index in [1.165, 1.54) is 6.92 Å². The van der Waals surface area contributed by atoms with Crippen LogP contribution in [0.4, 0.5) is 0 Å². The topological polar surface area (TPSA) is 46.5 Å². The maximum Gasteiger partial charge on any atom is 0.334 e. The molecule has 0 bridgehead atoms. The van der Waals surface area contributed by atoms with Crippen LogP contribution in [0.1, 0.15) is 6.92 Å². The van der Waals surface area contributed by atoms with E-state index in [1.807, 2.05) is 0 Å². The van der Waals surface area contributed by atoms with Gasteiger partial charge in [0.15, 0.2) is 0 Å². The number of carbonyl (C=O) groups excluding carboxylic acids is 1. The van der Waals surface area contributed by atoms with Crippen LogP contribution in [0.15, 0.2) is 0 Å². The molecule has 0 radical (unpaired) electrons. The van der Waals surface area contributed by atoms with Crippen molar-refractivity contribution >= 4 is 21.9 Å². The van der Waals surface area contributed by atoms with Crippen LogP contribution >= 0.6 is 15.9 Å². The normalized spacial score (nSPS) is 12.8. The van der Waals surface area contributed by atoms with Gasteiger partial charge in [0.25, 0.3) is 0 Å². The van der Waals surface area contributed by atoms with Crippen LogP contribution in [0.3, 0.4) is 0 Å². The molecule has 0 aliphatic carbocycles. The third-order valence-electron chi connectivity index (χ3n) is 0.663. The predicted octanol–water partition coefficient (Wildman–Crippen LogP) is 0.305. The highest BCUT2D eigenvalue weighted by molar-refractivity contribution is 9.09. The Bertz CT molecular complexity index is 92.2. The lowest BCUT2D eigenvalue weighted by atomic mass is 10.4. The Labute approximate surface area is 62.1 Å². The van der Waals surface area contributed by atoms with Crippen molar-refractivity contribution in [2.75, 3.05) is 11.9 Å². The van der Waals surface area contributed by atoms with Crippen LogP contribution in [0.5, 0.6) is 0 Å². The Kier molecular flexibility index (Phi) is 4.71. The third kappa shape index (κ3) is 4.42. The summed E-state index contributed by atoms with van der Waals surface area (Å²) in [6, 6.07) is 0. The van der Waals surface area contributed by atoms with Gasteiger partial charge in [-0.3, -0.25) is 0 Å². The molecule has 0 heterocycles. The highest BCUT2D eigenvalue weighted by Gasteiger charge is 2.08. The quantitative estimate of drug-likeness (QED) is 0.523. The second kappa shape index (κ2) is 4.76. The zero-order valence-corrected chi connectivity index (χ0v) is 6.72. The summed E-state index contributed by atoms with van der Waals surface area (Å²) in [6.07, 6.45) is -1.01. The molecule has 4 heteroatoms. The molecule has 0 saturated carbocycles. The minimum atomic E-state index is -1.01. The van der Waals surface area contributed by atoms with Crippen molar-refractivity contribution in [2.45, 2.75) is 13.0 Å². The van der Waals surface area contributed by atoms with E-state index in [2.05, 4.69) is 20.7 Å². The molecular weight excluding hydrogens is 188 g/mol. The lowest BCUT2D eigenvalue weighted by Gasteiger charge is -2.02. The zero-order chi connectivity index (χ0) is 7.28. The number of hydrogen-bond acceptors (Lipinski definition) is 3. The van der Waals surface area contributed by atoms with Crippen LogP contribution < -0.4 is 0 Å². The molecule has 54 valence electrons. The summed E-state index contributed by atoms with van der Waals surface area (Å²) in [5.41, 5.74) is 0. The van der Waals surface area contributed by atoms with E-state index >= 15 is 0 Å². The summed E-state index contributed by atoms with van der Waals surface area (Å²) in [5.74, 6) is -0.575. The fourth-order valence-corrected chi connectivity index (χ4v) is 0.422. The number of halogens is 1. The molecule has 0 rings (SSSR count). The van der Waals surface area contributed by atoms with E-state index in [0.717, 1.165) is 0 Å². The van der Waals surface area contributed by atoms with Crippen molar-refractivity contribution in [1.82, 2.24) is 0 Å². The summed E-state index contributed by atoms with van der Waals surface area (Å²) in [4.78, 5) is 10.4. The van der Waals surface area contributed by atoms with Gasteiger partial charge in [0.05, 0.1) is 0 Å². The number of ether oxygens (including phenoxy) is 1. The highest BCUT2D eigenvalue weighted by Crippen LogP contribution is 1.87. The van der Waals surface area contributed by atoms with Gasteiger partial charge in [0, 0.05) is 5.33 Å². The first-order valence-corrected chi connectivity index (χ1v) is 3.71.